The highest BCUT2D eigenvalue weighted by molar-refractivity contribution is 6.35. The van der Waals surface area contributed by atoms with Gasteiger partial charge in [0.15, 0.2) is 0 Å². The Morgan fingerprint density at radius 3 is 2.70 bits per heavy atom. The second-order valence-corrected chi connectivity index (χ2v) is 9.28. The Hall–Kier alpha value is -1.80. The Morgan fingerprint density at radius 2 is 2.00 bits per heavy atom. The van der Waals surface area contributed by atoms with Crippen molar-refractivity contribution in [2.75, 3.05) is 31.9 Å². The molecule has 1 aromatic carbocycles. The monoisotopic (exact) mass is 435 g/mol. The van der Waals surface area contributed by atoms with Crippen LogP contribution in [-0.2, 0) is 0 Å². The third kappa shape index (κ3) is 4.59. The Labute approximate surface area is 181 Å². The number of carbonyl (C=O) groups is 1. The first kappa shape index (κ1) is 21.4. The third-order valence-corrected chi connectivity index (χ3v) is 6.95. The highest BCUT2D eigenvalue weighted by Crippen LogP contribution is 2.33. The summed E-state index contributed by atoms with van der Waals surface area (Å²) in [5.74, 6) is 0.179. The fourth-order valence-corrected chi connectivity index (χ4v) is 4.90. The SMILES string of the molecule is Nc1c(Cl)cc(C(=O)NCC2CCN(CC3(O)CCC(O)CC3)CC2)c2occc12. The Morgan fingerprint density at radius 1 is 1.30 bits per heavy atom. The molecule has 30 heavy (non-hydrogen) atoms. The standard InChI is InChI=1S/C22H30ClN3O4/c23-18-11-17(20-16(19(18)24)5-10-30-20)21(28)25-12-14-3-8-26(9-4-14)13-22(29)6-1-15(27)2-7-22/h5,10-11,14-15,27,29H,1-4,6-9,12-13,24H2,(H,25,28). The van der Waals surface area contributed by atoms with Crippen molar-refractivity contribution >= 4 is 34.2 Å². The van der Waals surface area contributed by atoms with Crippen molar-refractivity contribution in [1.29, 1.82) is 0 Å². The van der Waals surface area contributed by atoms with Crippen molar-refractivity contribution in [3.05, 3.63) is 29.0 Å². The minimum Gasteiger partial charge on any atom is -0.463 e. The van der Waals surface area contributed by atoms with Crippen LogP contribution in [0.1, 0.15) is 48.9 Å². The van der Waals surface area contributed by atoms with Gasteiger partial charge in [0.2, 0.25) is 0 Å². The summed E-state index contributed by atoms with van der Waals surface area (Å²) in [6, 6.07) is 3.27. The third-order valence-electron chi connectivity index (χ3n) is 6.64. The van der Waals surface area contributed by atoms with E-state index in [0.29, 0.717) is 71.9 Å². The van der Waals surface area contributed by atoms with E-state index in [4.69, 9.17) is 21.8 Å². The Kier molecular flexibility index (Phi) is 6.25. The zero-order valence-corrected chi connectivity index (χ0v) is 17.8. The van der Waals surface area contributed by atoms with Crippen LogP contribution in [0.5, 0.6) is 0 Å². The molecule has 5 N–H and O–H groups in total. The van der Waals surface area contributed by atoms with Crippen LogP contribution in [0.3, 0.4) is 0 Å². The maximum absolute atomic E-state index is 12.7. The predicted molar refractivity (Wildman–Crippen MR) is 117 cm³/mol. The summed E-state index contributed by atoms with van der Waals surface area (Å²) in [5.41, 5.74) is 6.55. The van der Waals surface area contributed by atoms with Gasteiger partial charge in [-0.25, -0.2) is 0 Å². The molecule has 1 saturated heterocycles. The number of rotatable bonds is 5. The van der Waals surface area contributed by atoms with Crippen LogP contribution in [0.4, 0.5) is 5.69 Å². The molecule has 7 nitrogen and oxygen atoms in total. The van der Waals surface area contributed by atoms with Gasteiger partial charge in [-0.1, -0.05) is 11.6 Å². The van der Waals surface area contributed by atoms with Crippen LogP contribution >= 0.6 is 11.6 Å². The molecule has 0 spiro atoms. The number of fused-ring (bicyclic) bond motifs is 1. The average Bonchev–Trinajstić information content (AvgIpc) is 3.22. The number of nitrogens with one attached hydrogen (secondary N) is 1. The molecule has 1 aliphatic heterocycles. The van der Waals surface area contributed by atoms with E-state index in [1.54, 1.807) is 12.1 Å². The second-order valence-electron chi connectivity index (χ2n) is 8.87. The van der Waals surface area contributed by atoms with E-state index < -0.39 is 5.60 Å². The highest BCUT2D eigenvalue weighted by Gasteiger charge is 2.35. The smallest absolute Gasteiger partial charge is 0.255 e. The first-order valence-corrected chi connectivity index (χ1v) is 11.1. The van der Waals surface area contributed by atoms with E-state index in [1.807, 2.05) is 0 Å². The maximum atomic E-state index is 12.7. The number of benzene rings is 1. The molecule has 1 saturated carbocycles. The average molecular weight is 436 g/mol. The van der Waals surface area contributed by atoms with E-state index in [9.17, 15) is 15.0 Å². The van der Waals surface area contributed by atoms with Crippen molar-refractivity contribution in [2.45, 2.75) is 50.2 Å². The number of furan rings is 1. The summed E-state index contributed by atoms with van der Waals surface area (Å²) in [7, 11) is 0. The number of β-amino-alcohol motifs (C(OH)–C–C–N with tert-alkyl or cyclic N) is 1. The summed E-state index contributed by atoms with van der Waals surface area (Å²) in [6.07, 6.45) is 5.86. The lowest BCUT2D eigenvalue weighted by Gasteiger charge is -2.41. The van der Waals surface area contributed by atoms with Gasteiger partial charge < -0.3 is 30.6 Å². The molecule has 1 amide bonds. The Balaban J connectivity index is 1.28. The lowest BCUT2D eigenvalue weighted by Crippen LogP contribution is -2.49. The fourth-order valence-electron chi connectivity index (χ4n) is 4.69. The molecule has 8 heteroatoms. The normalized spacial score (nSPS) is 26.2. The van der Waals surface area contributed by atoms with Crippen molar-refractivity contribution in [2.24, 2.45) is 5.92 Å². The van der Waals surface area contributed by atoms with Crippen molar-refractivity contribution in [3.8, 4) is 0 Å². The molecule has 2 aromatic rings. The number of piperidine rings is 1. The molecule has 2 heterocycles. The minimum atomic E-state index is -0.677. The summed E-state index contributed by atoms with van der Waals surface area (Å²) in [6.45, 7) is 3.07. The fraction of sp³-hybridized carbons (Fsp3) is 0.591. The number of nitrogens with zero attached hydrogens (tertiary/aromatic N) is 1. The molecular formula is C22H30ClN3O4. The number of likely N-dealkylation sites (tertiary alicyclic amines) is 1. The van der Waals surface area contributed by atoms with Crippen molar-refractivity contribution < 1.29 is 19.4 Å². The van der Waals surface area contributed by atoms with Gasteiger partial charge in [0.1, 0.15) is 5.58 Å². The molecule has 1 aromatic heterocycles. The molecule has 0 atom stereocenters. The summed E-state index contributed by atoms with van der Waals surface area (Å²) in [4.78, 5) is 15.0. The van der Waals surface area contributed by atoms with Crippen LogP contribution in [0, 0.1) is 5.92 Å². The van der Waals surface area contributed by atoms with Gasteiger partial charge in [0.25, 0.3) is 5.91 Å². The molecule has 0 radical (unpaired) electrons. The van der Waals surface area contributed by atoms with Gasteiger partial charge in [-0.3, -0.25) is 4.79 Å². The molecule has 2 aliphatic rings. The van der Waals surface area contributed by atoms with Gasteiger partial charge in [-0.15, -0.1) is 0 Å². The lowest BCUT2D eigenvalue weighted by atomic mass is 9.82. The molecule has 1 aliphatic carbocycles. The molecule has 0 bridgehead atoms. The van der Waals surface area contributed by atoms with E-state index in [2.05, 4.69) is 10.2 Å². The summed E-state index contributed by atoms with van der Waals surface area (Å²) in [5, 5.41) is 24.4. The quantitative estimate of drug-likeness (QED) is 0.537. The van der Waals surface area contributed by atoms with E-state index in [1.165, 1.54) is 6.26 Å². The number of anilines is 1. The highest BCUT2D eigenvalue weighted by atomic mass is 35.5. The first-order valence-electron chi connectivity index (χ1n) is 10.7. The van der Waals surface area contributed by atoms with Gasteiger partial charge in [0.05, 0.1) is 34.2 Å². The van der Waals surface area contributed by atoms with Crippen LogP contribution in [-0.4, -0.2) is 58.9 Å². The number of hydrogen-bond donors (Lipinski definition) is 4. The Bertz CT molecular complexity index is 899. The largest absolute Gasteiger partial charge is 0.463 e. The number of amides is 1. The first-order chi connectivity index (χ1) is 14.3. The van der Waals surface area contributed by atoms with Gasteiger partial charge in [-0.05, 0) is 69.7 Å². The molecule has 164 valence electrons. The number of aliphatic hydroxyl groups is 2. The maximum Gasteiger partial charge on any atom is 0.255 e. The molecule has 0 unspecified atom stereocenters. The molecule has 2 fully saturated rings. The van der Waals surface area contributed by atoms with E-state index in [0.717, 1.165) is 25.9 Å². The lowest BCUT2D eigenvalue weighted by molar-refractivity contribution is -0.0572. The molecular weight excluding hydrogens is 406 g/mol. The van der Waals surface area contributed by atoms with Gasteiger partial charge >= 0.3 is 0 Å². The van der Waals surface area contributed by atoms with Crippen LogP contribution in [0.25, 0.3) is 11.0 Å². The number of halogens is 1. The summed E-state index contributed by atoms with van der Waals surface area (Å²) < 4.78 is 5.45. The van der Waals surface area contributed by atoms with Crippen LogP contribution < -0.4 is 11.1 Å². The number of hydrogen-bond acceptors (Lipinski definition) is 6. The number of carbonyl (C=O) groups excluding carboxylic acids is 1. The van der Waals surface area contributed by atoms with Crippen LogP contribution in [0.2, 0.25) is 5.02 Å². The van der Waals surface area contributed by atoms with Gasteiger partial charge in [-0.2, -0.15) is 0 Å². The number of nitrogens with two attached hydrogens (primary N) is 1. The van der Waals surface area contributed by atoms with E-state index >= 15 is 0 Å². The number of nitrogen functional groups attached to an aromatic ring is 1. The van der Waals surface area contributed by atoms with Crippen LogP contribution in [0.15, 0.2) is 22.8 Å². The molecule has 4 rings (SSSR count). The van der Waals surface area contributed by atoms with Gasteiger partial charge in [0, 0.05) is 18.5 Å². The summed E-state index contributed by atoms with van der Waals surface area (Å²) >= 11 is 6.17. The van der Waals surface area contributed by atoms with Crippen molar-refractivity contribution in [1.82, 2.24) is 10.2 Å². The van der Waals surface area contributed by atoms with Crippen molar-refractivity contribution in [3.63, 3.8) is 0 Å². The topological polar surface area (TPSA) is 112 Å². The predicted octanol–water partition coefficient (Wildman–Crippen LogP) is 2.78. The van der Waals surface area contributed by atoms with E-state index in [-0.39, 0.29) is 12.0 Å². The zero-order chi connectivity index (χ0) is 21.3. The second kappa shape index (κ2) is 8.75. The minimum absolute atomic E-state index is 0.214. The number of aliphatic hydroxyl groups excluding tert-OH is 1. The zero-order valence-electron chi connectivity index (χ0n) is 17.1.